The largest absolute Gasteiger partial charge is 0.497 e. The van der Waals surface area contributed by atoms with Crippen LogP contribution in [0.3, 0.4) is 0 Å². The molecule has 1 aliphatic carbocycles. The van der Waals surface area contributed by atoms with Gasteiger partial charge in [-0.1, -0.05) is 58.4 Å². The minimum Gasteiger partial charge on any atom is -0.497 e. The highest BCUT2D eigenvalue weighted by Crippen LogP contribution is 2.38. The number of hydrogen-bond donors (Lipinski definition) is 0. The summed E-state index contributed by atoms with van der Waals surface area (Å²) in [5, 5.41) is 0.0661. The number of methoxy groups -OCH3 is 2. The molecular weight excluding hydrogens is 468 g/mol. The van der Waals surface area contributed by atoms with Gasteiger partial charge < -0.3 is 18.6 Å². The Hall–Kier alpha value is -1.73. The molecule has 0 aliphatic heterocycles. The van der Waals surface area contributed by atoms with Crippen LogP contribution in [0.1, 0.15) is 59.9 Å². The van der Waals surface area contributed by atoms with Crippen LogP contribution < -0.4 is 4.74 Å². The van der Waals surface area contributed by atoms with E-state index >= 15 is 0 Å². The molecule has 0 aromatic heterocycles. The van der Waals surface area contributed by atoms with Gasteiger partial charge in [-0.15, -0.1) is 0 Å². The lowest BCUT2D eigenvalue weighted by Gasteiger charge is -2.39. The van der Waals surface area contributed by atoms with Crippen molar-refractivity contribution in [2.45, 2.75) is 91.3 Å². The van der Waals surface area contributed by atoms with Crippen molar-refractivity contribution < 1.29 is 23.4 Å². The predicted octanol–water partition coefficient (Wildman–Crippen LogP) is 7.13. The van der Waals surface area contributed by atoms with Gasteiger partial charge in [-0.3, -0.25) is 4.79 Å². The van der Waals surface area contributed by atoms with Crippen molar-refractivity contribution in [1.82, 2.24) is 0 Å². The van der Waals surface area contributed by atoms with Crippen LogP contribution in [0.4, 0.5) is 0 Å². The number of ketones is 1. The third kappa shape index (κ3) is 8.14. The Morgan fingerprint density at radius 1 is 1.08 bits per heavy atom. The summed E-state index contributed by atoms with van der Waals surface area (Å²) in [5.74, 6) is 1.13. The molecule has 1 aromatic carbocycles. The summed E-state index contributed by atoms with van der Waals surface area (Å²) in [6, 6.07) is 7.84. The molecular formula is C30H48O5Si. The third-order valence-corrected chi connectivity index (χ3v) is 12.1. The van der Waals surface area contributed by atoms with E-state index in [1.807, 2.05) is 37.3 Å². The molecule has 0 saturated heterocycles. The van der Waals surface area contributed by atoms with Crippen LogP contribution in [-0.4, -0.2) is 47.1 Å². The molecule has 0 saturated carbocycles. The highest BCUT2D eigenvalue weighted by atomic mass is 28.4. The van der Waals surface area contributed by atoms with E-state index in [1.165, 1.54) is 0 Å². The van der Waals surface area contributed by atoms with Gasteiger partial charge in [0.05, 0.1) is 26.2 Å². The van der Waals surface area contributed by atoms with Crippen molar-refractivity contribution in [3.05, 3.63) is 53.1 Å². The smallest absolute Gasteiger partial charge is 0.192 e. The summed E-state index contributed by atoms with van der Waals surface area (Å²) in [4.78, 5) is 13.8. The summed E-state index contributed by atoms with van der Waals surface area (Å²) in [7, 11) is 1.30. The maximum Gasteiger partial charge on any atom is 0.192 e. The number of carbonyl (C=O) groups excluding carboxylic acids is 1. The fourth-order valence-corrected chi connectivity index (χ4v) is 5.02. The average Bonchev–Trinajstić information content (AvgIpc) is 2.81. The Bertz CT molecular complexity index is 908. The number of hydrogen-bond acceptors (Lipinski definition) is 5. The Morgan fingerprint density at radius 3 is 2.25 bits per heavy atom. The van der Waals surface area contributed by atoms with Crippen molar-refractivity contribution in [3.8, 4) is 5.75 Å². The van der Waals surface area contributed by atoms with Gasteiger partial charge in [0.15, 0.2) is 14.1 Å². The average molecular weight is 517 g/mol. The van der Waals surface area contributed by atoms with Gasteiger partial charge in [-0.2, -0.15) is 0 Å². The third-order valence-electron chi connectivity index (χ3n) is 7.59. The fraction of sp³-hybridized carbons (Fsp3) is 0.633. The monoisotopic (exact) mass is 516 g/mol. The second kappa shape index (κ2) is 13.2. The molecule has 0 fully saturated rings. The standard InChI is InChI=1S/C30H48O5Si/c1-21(2)12-11-13-22(3)27-28(31)24(20-35-36(9,10)30(4,5)6)18-26(29(27)33-8)34-19-23-14-16-25(32-7)17-15-23/h13-18,21,26-27,29H,11-12,19-20H2,1-10H3/b22-13+/t26-,27-,29-/m1/s1. The van der Waals surface area contributed by atoms with Crippen LogP contribution in [0.2, 0.25) is 18.1 Å². The van der Waals surface area contributed by atoms with Crippen LogP contribution in [0.5, 0.6) is 5.75 Å². The van der Waals surface area contributed by atoms with Gasteiger partial charge >= 0.3 is 0 Å². The van der Waals surface area contributed by atoms with E-state index in [0.29, 0.717) is 24.7 Å². The molecule has 6 heteroatoms. The number of allylic oxidation sites excluding steroid dienone is 1. The summed E-state index contributed by atoms with van der Waals surface area (Å²) in [6.45, 7) is 18.3. The summed E-state index contributed by atoms with van der Waals surface area (Å²) in [5.41, 5.74) is 2.77. The second-order valence-electron chi connectivity index (χ2n) is 11.8. The van der Waals surface area contributed by atoms with E-state index in [9.17, 15) is 4.79 Å². The van der Waals surface area contributed by atoms with Crippen LogP contribution in [0, 0.1) is 11.8 Å². The molecule has 1 aromatic rings. The number of ether oxygens (including phenoxy) is 3. The molecule has 0 spiro atoms. The van der Waals surface area contributed by atoms with Gasteiger partial charge in [0, 0.05) is 12.7 Å². The Labute approximate surface area is 220 Å². The van der Waals surface area contributed by atoms with Gasteiger partial charge in [-0.25, -0.2) is 0 Å². The molecule has 202 valence electrons. The van der Waals surface area contributed by atoms with Crippen molar-refractivity contribution >= 4 is 14.1 Å². The Balaban J connectivity index is 2.33. The van der Waals surface area contributed by atoms with Crippen molar-refractivity contribution in [3.63, 3.8) is 0 Å². The number of rotatable bonds is 12. The lowest BCUT2D eigenvalue weighted by Crippen LogP contribution is -2.47. The second-order valence-corrected chi connectivity index (χ2v) is 16.6. The van der Waals surface area contributed by atoms with Gasteiger partial charge in [0.25, 0.3) is 0 Å². The first-order valence-electron chi connectivity index (χ1n) is 13.1. The van der Waals surface area contributed by atoms with E-state index in [4.69, 9.17) is 18.6 Å². The minimum atomic E-state index is -2.02. The molecule has 36 heavy (non-hydrogen) atoms. The zero-order valence-electron chi connectivity index (χ0n) is 24.1. The van der Waals surface area contributed by atoms with Crippen molar-refractivity contribution in [2.24, 2.45) is 11.8 Å². The van der Waals surface area contributed by atoms with Gasteiger partial charge in [-0.05, 0) is 67.6 Å². The normalized spacial score (nSPS) is 21.6. The summed E-state index contributed by atoms with van der Waals surface area (Å²) < 4.78 is 24.0. The minimum absolute atomic E-state index is 0.0661. The molecule has 5 nitrogen and oxygen atoms in total. The van der Waals surface area contributed by atoms with E-state index in [2.05, 4.69) is 53.8 Å². The van der Waals surface area contributed by atoms with Gasteiger partial charge in [0.2, 0.25) is 0 Å². The van der Waals surface area contributed by atoms with Crippen LogP contribution in [0.15, 0.2) is 47.6 Å². The molecule has 0 N–H and O–H groups in total. The summed E-state index contributed by atoms with van der Waals surface area (Å²) >= 11 is 0. The zero-order valence-corrected chi connectivity index (χ0v) is 25.1. The molecule has 0 heterocycles. The van der Waals surface area contributed by atoms with Crippen LogP contribution >= 0.6 is 0 Å². The molecule has 2 rings (SSSR count). The molecule has 0 amide bonds. The SMILES string of the molecule is COc1ccc(CO[C@@H]2C=C(CO[Si](C)(C)C(C)(C)C)C(=O)[C@@H](/C(C)=C/CCC(C)C)[C@@H]2OC)cc1. The van der Waals surface area contributed by atoms with E-state index in [1.54, 1.807) is 14.2 Å². The Morgan fingerprint density at radius 2 is 1.72 bits per heavy atom. The first-order valence-corrected chi connectivity index (χ1v) is 16.0. The Kier molecular flexibility index (Phi) is 11.2. The molecule has 3 atom stereocenters. The number of carbonyl (C=O) groups is 1. The number of Topliss-reactive ketones (excluding diaryl/α,β-unsaturated/α-hetero) is 1. The number of benzene rings is 1. The zero-order chi connectivity index (χ0) is 27.1. The van der Waals surface area contributed by atoms with E-state index < -0.39 is 8.32 Å². The van der Waals surface area contributed by atoms with Crippen molar-refractivity contribution in [2.75, 3.05) is 20.8 Å². The van der Waals surface area contributed by atoms with E-state index in [0.717, 1.165) is 29.7 Å². The molecule has 1 aliphatic rings. The lowest BCUT2D eigenvalue weighted by molar-refractivity contribution is -0.130. The molecule has 0 unspecified atom stereocenters. The predicted molar refractivity (Wildman–Crippen MR) is 150 cm³/mol. The topological polar surface area (TPSA) is 54.0 Å². The maximum absolute atomic E-state index is 13.8. The lowest BCUT2D eigenvalue weighted by atomic mass is 9.78. The fourth-order valence-electron chi connectivity index (χ4n) is 4.07. The first-order chi connectivity index (χ1) is 16.8. The highest BCUT2D eigenvalue weighted by Gasteiger charge is 2.43. The van der Waals surface area contributed by atoms with Crippen LogP contribution in [-0.2, 0) is 25.3 Å². The summed E-state index contributed by atoms with van der Waals surface area (Å²) in [6.07, 6.45) is 5.43. The van der Waals surface area contributed by atoms with Crippen molar-refractivity contribution in [1.29, 1.82) is 0 Å². The first kappa shape index (κ1) is 30.5. The van der Waals surface area contributed by atoms with E-state index in [-0.39, 0.29) is 28.9 Å². The van der Waals surface area contributed by atoms with Crippen LogP contribution in [0.25, 0.3) is 0 Å². The molecule has 0 bridgehead atoms. The van der Waals surface area contributed by atoms with Gasteiger partial charge in [0.1, 0.15) is 18.0 Å². The maximum atomic E-state index is 13.8. The highest BCUT2D eigenvalue weighted by molar-refractivity contribution is 6.74. The molecule has 0 radical (unpaired) electrons. The quantitative estimate of drug-likeness (QED) is 0.219.